The first-order chi connectivity index (χ1) is 14.6. The maximum atomic E-state index is 14.0. The third-order valence-electron chi connectivity index (χ3n) is 5.40. The molecule has 0 unspecified atom stereocenters. The van der Waals surface area contributed by atoms with Crippen molar-refractivity contribution in [1.82, 2.24) is 14.9 Å². The van der Waals surface area contributed by atoms with Crippen molar-refractivity contribution in [2.75, 3.05) is 37.7 Å². The van der Waals surface area contributed by atoms with Crippen LogP contribution in [-0.4, -0.2) is 53.7 Å². The minimum Gasteiger partial charge on any atom is -0.450 e. The van der Waals surface area contributed by atoms with Crippen LogP contribution in [0.4, 0.5) is 14.3 Å². The highest BCUT2D eigenvalue weighted by atomic mass is 32.1. The number of nitrogens with one attached hydrogen (secondary N) is 1. The summed E-state index contributed by atoms with van der Waals surface area (Å²) in [5, 5.41) is 3.38. The number of aromatic amines is 1. The molecular weight excluding hydrogens is 407 g/mol. The Labute approximate surface area is 174 Å². The largest absolute Gasteiger partial charge is 0.450 e. The highest BCUT2D eigenvalue weighted by molar-refractivity contribution is 7.23. The number of amides is 1. The van der Waals surface area contributed by atoms with Crippen molar-refractivity contribution in [2.24, 2.45) is 0 Å². The van der Waals surface area contributed by atoms with Crippen molar-refractivity contribution < 1.29 is 13.9 Å². The number of fused-ring (bicyclic) bond motifs is 6. The van der Waals surface area contributed by atoms with Crippen LogP contribution in [0, 0.1) is 5.82 Å². The van der Waals surface area contributed by atoms with Gasteiger partial charge in [-0.1, -0.05) is 11.3 Å². The first kappa shape index (κ1) is 18.8. The minimum atomic E-state index is -0.392. The van der Waals surface area contributed by atoms with Crippen LogP contribution in [0.25, 0.3) is 31.8 Å². The van der Waals surface area contributed by atoms with Crippen molar-refractivity contribution in [2.45, 2.75) is 6.92 Å². The van der Waals surface area contributed by atoms with Crippen molar-refractivity contribution in [3.8, 4) is 0 Å². The number of H-pyrrole nitrogens is 1. The van der Waals surface area contributed by atoms with Gasteiger partial charge in [0.05, 0.1) is 22.2 Å². The van der Waals surface area contributed by atoms with Crippen LogP contribution < -0.4 is 10.5 Å². The number of benzene rings is 2. The van der Waals surface area contributed by atoms with Crippen molar-refractivity contribution in [1.29, 1.82) is 0 Å². The molecule has 30 heavy (non-hydrogen) atoms. The van der Waals surface area contributed by atoms with Crippen LogP contribution in [0.3, 0.4) is 0 Å². The highest BCUT2D eigenvalue weighted by Gasteiger charge is 2.25. The number of carbonyl (C=O) groups excluding carboxylic acids is 1. The molecule has 7 nitrogen and oxygen atoms in total. The highest BCUT2D eigenvalue weighted by Crippen LogP contribution is 2.39. The monoisotopic (exact) mass is 426 g/mol. The second-order valence-corrected chi connectivity index (χ2v) is 8.11. The molecule has 4 aromatic rings. The van der Waals surface area contributed by atoms with Gasteiger partial charge in [0, 0.05) is 48.5 Å². The van der Waals surface area contributed by atoms with E-state index in [0.29, 0.717) is 43.6 Å². The fourth-order valence-electron chi connectivity index (χ4n) is 3.97. The standard InChI is InChI=1S/C21H19FN4O3S/c1-2-29-21(28)26-9-7-25(8-10-26)20-24-17-13-4-3-12(22)11-15(13)16-14(18(17)30-20)5-6-23-19(16)27/h3-6,11H,2,7-10H2,1H3,(H,23,27). The summed E-state index contributed by atoms with van der Waals surface area (Å²) in [7, 11) is 0. The third kappa shape index (κ3) is 2.97. The average Bonchev–Trinajstić information content (AvgIpc) is 3.20. The Bertz CT molecular complexity index is 1340. The molecular formula is C21H19FN4O3S. The van der Waals surface area contributed by atoms with E-state index >= 15 is 0 Å². The number of hydrogen-bond acceptors (Lipinski definition) is 6. The summed E-state index contributed by atoms with van der Waals surface area (Å²) in [5.74, 6) is -0.392. The zero-order chi connectivity index (χ0) is 20.8. The molecule has 1 saturated heterocycles. The normalized spacial score (nSPS) is 14.7. The van der Waals surface area contributed by atoms with Crippen LogP contribution in [0.2, 0.25) is 0 Å². The van der Waals surface area contributed by atoms with E-state index in [1.807, 2.05) is 6.07 Å². The fraction of sp³-hybridized carbons (Fsp3) is 0.286. The van der Waals surface area contributed by atoms with Crippen molar-refractivity contribution in [3.05, 3.63) is 46.6 Å². The summed E-state index contributed by atoms with van der Waals surface area (Å²) in [5.41, 5.74) is 0.513. The maximum Gasteiger partial charge on any atom is 0.409 e. The van der Waals surface area contributed by atoms with Gasteiger partial charge in [-0.3, -0.25) is 4.79 Å². The lowest BCUT2D eigenvalue weighted by Crippen LogP contribution is -2.48. The lowest BCUT2D eigenvalue weighted by atomic mass is 10.0. The smallest absolute Gasteiger partial charge is 0.409 e. The third-order valence-corrected chi connectivity index (χ3v) is 6.55. The first-order valence-electron chi connectivity index (χ1n) is 9.76. The molecule has 1 aliphatic rings. The van der Waals surface area contributed by atoms with Gasteiger partial charge in [0.25, 0.3) is 5.56 Å². The number of nitrogens with zero attached hydrogens (tertiary/aromatic N) is 3. The quantitative estimate of drug-likeness (QED) is 0.495. The number of rotatable bonds is 2. The Morgan fingerprint density at radius 1 is 1.20 bits per heavy atom. The van der Waals surface area contributed by atoms with Gasteiger partial charge >= 0.3 is 6.09 Å². The zero-order valence-corrected chi connectivity index (χ0v) is 17.1. The molecule has 0 spiro atoms. The van der Waals surface area contributed by atoms with Gasteiger partial charge in [0.2, 0.25) is 0 Å². The molecule has 0 saturated carbocycles. The van der Waals surface area contributed by atoms with Crippen molar-refractivity contribution in [3.63, 3.8) is 0 Å². The molecule has 154 valence electrons. The van der Waals surface area contributed by atoms with E-state index in [4.69, 9.17) is 9.72 Å². The summed E-state index contributed by atoms with van der Waals surface area (Å²) < 4.78 is 19.9. The van der Waals surface area contributed by atoms with E-state index in [1.165, 1.54) is 23.5 Å². The number of thiazole rings is 1. The molecule has 9 heteroatoms. The van der Waals surface area contributed by atoms with E-state index in [2.05, 4.69) is 9.88 Å². The van der Waals surface area contributed by atoms with E-state index in [-0.39, 0.29) is 11.7 Å². The zero-order valence-electron chi connectivity index (χ0n) is 16.3. The van der Waals surface area contributed by atoms with E-state index in [0.717, 1.165) is 26.1 Å². The van der Waals surface area contributed by atoms with Crippen LogP contribution in [0.1, 0.15) is 6.92 Å². The van der Waals surface area contributed by atoms with E-state index < -0.39 is 5.82 Å². The molecule has 2 aromatic heterocycles. The second kappa shape index (κ2) is 7.24. The summed E-state index contributed by atoms with van der Waals surface area (Å²) in [6.07, 6.45) is 1.31. The second-order valence-electron chi connectivity index (χ2n) is 7.13. The summed E-state index contributed by atoms with van der Waals surface area (Å²) in [6, 6.07) is 6.30. The molecule has 0 aliphatic carbocycles. The van der Waals surface area contributed by atoms with Crippen LogP contribution in [0.15, 0.2) is 35.3 Å². The number of aromatic nitrogens is 2. The topological polar surface area (TPSA) is 78.5 Å². The Morgan fingerprint density at radius 3 is 2.77 bits per heavy atom. The molecule has 3 heterocycles. The fourth-order valence-corrected chi connectivity index (χ4v) is 5.13. The van der Waals surface area contributed by atoms with Crippen molar-refractivity contribution >= 4 is 54.3 Å². The number of pyridine rings is 1. The number of ether oxygens (including phenoxy) is 1. The molecule has 1 aliphatic heterocycles. The Kier molecular flexibility index (Phi) is 4.54. The number of halogens is 1. The van der Waals surface area contributed by atoms with Crippen LogP contribution in [0.5, 0.6) is 0 Å². The minimum absolute atomic E-state index is 0.247. The van der Waals surface area contributed by atoms with E-state index in [9.17, 15) is 14.0 Å². The number of hydrogen-bond donors (Lipinski definition) is 1. The van der Waals surface area contributed by atoms with Crippen LogP contribution in [-0.2, 0) is 4.74 Å². The van der Waals surface area contributed by atoms with Gasteiger partial charge in [-0.05, 0) is 31.2 Å². The number of anilines is 1. The van der Waals surface area contributed by atoms with Gasteiger partial charge in [0.15, 0.2) is 5.13 Å². The molecule has 0 bridgehead atoms. The molecule has 1 N–H and O–H groups in total. The average molecular weight is 426 g/mol. The van der Waals surface area contributed by atoms with Gasteiger partial charge < -0.3 is 19.5 Å². The van der Waals surface area contributed by atoms with Gasteiger partial charge in [-0.15, -0.1) is 0 Å². The van der Waals surface area contributed by atoms with Crippen LogP contribution >= 0.6 is 11.3 Å². The number of carbonyl (C=O) groups is 1. The number of piperazine rings is 1. The van der Waals surface area contributed by atoms with E-state index in [1.54, 1.807) is 24.1 Å². The summed E-state index contributed by atoms with van der Waals surface area (Å²) >= 11 is 1.51. The predicted octanol–water partition coefficient (Wildman–Crippen LogP) is 3.71. The first-order valence-corrected chi connectivity index (χ1v) is 10.6. The molecule has 2 aromatic carbocycles. The van der Waals surface area contributed by atoms with Gasteiger partial charge in [-0.2, -0.15) is 0 Å². The molecule has 5 rings (SSSR count). The Hall–Kier alpha value is -3.20. The predicted molar refractivity (Wildman–Crippen MR) is 116 cm³/mol. The lowest BCUT2D eigenvalue weighted by molar-refractivity contribution is 0.105. The molecule has 1 amide bonds. The Balaban J connectivity index is 1.61. The molecule has 1 fully saturated rings. The summed E-state index contributed by atoms with van der Waals surface area (Å²) in [6.45, 7) is 4.55. The van der Waals surface area contributed by atoms with Gasteiger partial charge in [0.1, 0.15) is 5.82 Å². The van der Waals surface area contributed by atoms with Gasteiger partial charge in [-0.25, -0.2) is 14.2 Å². The lowest BCUT2D eigenvalue weighted by Gasteiger charge is -2.33. The maximum absolute atomic E-state index is 14.0. The SMILES string of the molecule is CCOC(=O)N1CCN(c2nc3c4ccc(F)cc4c4c(=O)[nH]ccc4c3s2)CC1. The summed E-state index contributed by atoms with van der Waals surface area (Å²) in [4.78, 5) is 35.9. The molecule has 0 radical (unpaired) electrons. The Morgan fingerprint density at radius 2 is 2.00 bits per heavy atom. The molecule has 0 atom stereocenters.